The first-order chi connectivity index (χ1) is 13.6. The Morgan fingerprint density at radius 3 is 2.82 bits per heavy atom. The molecular weight excluding hydrogens is 364 g/mol. The molecule has 140 valence electrons. The second-order valence-electron chi connectivity index (χ2n) is 7.99. The number of nitriles is 1. The van der Waals surface area contributed by atoms with Gasteiger partial charge in [-0.05, 0) is 53.0 Å². The number of benzene rings is 2. The predicted molar refractivity (Wildman–Crippen MR) is 115 cm³/mol. The van der Waals surface area contributed by atoms with Crippen LogP contribution in [-0.4, -0.2) is 15.7 Å². The van der Waals surface area contributed by atoms with Crippen molar-refractivity contribution in [3.8, 4) is 6.07 Å². The molecule has 2 atom stereocenters. The largest absolute Gasteiger partial charge is 0.366 e. The lowest BCUT2D eigenvalue weighted by atomic mass is 9.83. The monoisotopic (exact) mass is 386 g/mol. The molecule has 1 aliphatic heterocycles. The molecule has 0 saturated heterocycles. The second-order valence-corrected chi connectivity index (χ2v) is 9.04. The standard InChI is InChI=1S/C23H22N4S/c1-23(11-22(28-13-23)16-2-3-16)17-6-4-15(5-7-17)21(12-24)27-18-8-9-19-20(10-18)26-14-25-19/h4-11,14,16,21,27H,2-3,13H2,1H3,(H,25,26). The summed E-state index contributed by atoms with van der Waals surface area (Å²) in [4.78, 5) is 8.93. The first kappa shape index (κ1) is 17.4. The third-order valence-electron chi connectivity index (χ3n) is 5.74. The van der Waals surface area contributed by atoms with Gasteiger partial charge in [0.15, 0.2) is 0 Å². The Balaban J connectivity index is 1.35. The van der Waals surface area contributed by atoms with Crippen molar-refractivity contribution in [3.63, 3.8) is 0 Å². The van der Waals surface area contributed by atoms with Crippen molar-refractivity contribution >= 4 is 28.5 Å². The number of fused-ring (bicyclic) bond motifs is 1. The van der Waals surface area contributed by atoms with Crippen LogP contribution < -0.4 is 5.32 Å². The van der Waals surface area contributed by atoms with Gasteiger partial charge in [-0.2, -0.15) is 5.26 Å². The summed E-state index contributed by atoms with van der Waals surface area (Å²) in [5, 5.41) is 13.0. The van der Waals surface area contributed by atoms with Crippen molar-refractivity contribution in [2.75, 3.05) is 11.1 Å². The minimum absolute atomic E-state index is 0.0995. The van der Waals surface area contributed by atoms with Gasteiger partial charge in [-0.25, -0.2) is 4.98 Å². The molecule has 3 aromatic rings. The van der Waals surface area contributed by atoms with Crippen LogP contribution in [0.25, 0.3) is 11.0 Å². The molecular formula is C23H22N4S. The Labute approximate surface area is 169 Å². The van der Waals surface area contributed by atoms with E-state index in [1.165, 1.54) is 18.4 Å². The lowest BCUT2D eigenvalue weighted by molar-refractivity contribution is 0.688. The number of aromatic amines is 1. The van der Waals surface area contributed by atoms with Gasteiger partial charge < -0.3 is 10.3 Å². The van der Waals surface area contributed by atoms with Gasteiger partial charge in [-0.1, -0.05) is 37.3 Å². The van der Waals surface area contributed by atoms with Crippen LogP contribution in [0, 0.1) is 17.2 Å². The predicted octanol–water partition coefficient (Wildman–Crippen LogP) is 5.54. The van der Waals surface area contributed by atoms with E-state index in [-0.39, 0.29) is 5.41 Å². The highest BCUT2D eigenvalue weighted by Gasteiger charge is 2.36. The zero-order valence-corrected chi connectivity index (χ0v) is 16.6. The van der Waals surface area contributed by atoms with Gasteiger partial charge in [0.1, 0.15) is 6.04 Å². The molecule has 2 unspecified atom stereocenters. The summed E-state index contributed by atoms with van der Waals surface area (Å²) >= 11 is 2.02. The topological polar surface area (TPSA) is 64.5 Å². The number of thioether (sulfide) groups is 1. The Morgan fingerprint density at radius 2 is 2.07 bits per heavy atom. The number of hydrogen-bond donors (Lipinski definition) is 2. The van der Waals surface area contributed by atoms with Gasteiger partial charge in [-0.15, -0.1) is 11.8 Å². The molecule has 1 aromatic heterocycles. The fourth-order valence-corrected chi connectivity index (χ4v) is 5.37. The minimum atomic E-state index is -0.391. The molecule has 0 bridgehead atoms. The van der Waals surface area contributed by atoms with E-state index in [0.29, 0.717) is 0 Å². The summed E-state index contributed by atoms with van der Waals surface area (Å²) < 4.78 is 0. The molecule has 2 heterocycles. The van der Waals surface area contributed by atoms with E-state index in [1.807, 2.05) is 30.0 Å². The Hall–Kier alpha value is -2.71. The fraction of sp³-hybridized carbons (Fsp3) is 0.304. The van der Waals surface area contributed by atoms with Gasteiger partial charge in [0.05, 0.1) is 23.4 Å². The maximum atomic E-state index is 9.70. The Kier molecular flexibility index (Phi) is 4.17. The van der Waals surface area contributed by atoms with E-state index in [2.05, 4.69) is 58.6 Å². The summed E-state index contributed by atoms with van der Waals surface area (Å²) in [5.74, 6) is 1.94. The SMILES string of the molecule is CC1(c2ccc(C(C#N)Nc3ccc4nc[nH]c4c3)cc2)C=C(C2CC2)SC1. The van der Waals surface area contributed by atoms with Crippen LogP contribution in [0.15, 0.2) is 59.8 Å². The van der Waals surface area contributed by atoms with Crippen molar-refractivity contribution in [2.45, 2.75) is 31.2 Å². The molecule has 1 fully saturated rings. The van der Waals surface area contributed by atoms with E-state index in [4.69, 9.17) is 0 Å². The van der Waals surface area contributed by atoms with Crippen molar-refractivity contribution in [2.24, 2.45) is 5.92 Å². The summed E-state index contributed by atoms with van der Waals surface area (Å²) in [6.45, 7) is 2.32. The molecule has 0 radical (unpaired) electrons. The van der Waals surface area contributed by atoms with Crippen LogP contribution in [0.3, 0.4) is 0 Å². The van der Waals surface area contributed by atoms with Gasteiger partial charge >= 0.3 is 0 Å². The van der Waals surface area contributed by atoms with Gasteiger partial charge in [0, 0.05) is 16.9 Å². The Morgan fingerprint density at radius 1 is 1.25 bits per heavy atom. The van der Waals surface area contributed by atoms with Crippen molar-refractivity contribution in [3.05, 3.63) is 70.9 Å². The molecule has 5 rings (SSSR count). The summed E-state index contributed by atoms with van der Waals surface area (Å²) in [7, 11) is 0. The van der Waals surface area contributed by atoms with Gasteiger partial charge in [0.2, 0.25) is 0 Å². The summed E-state index contributed by atoms with van der Waals surface area (Å²) in [6.07, 6.45) is 6.87. The number of allylic oxidation sites excluding steroid dienone is 2. The van der Waals surface area contributed by atoms with E-state index < -0.39 is 6.04 Å². The first-order valence-corrected chi connectivity index (χ1v) is 10.7. The second kappa shape index (κ2) is 6.72. The van der Waals surface area contributed by atoms with E-state index >= 15 is 0 Å². The maximum Gasteiger partial charge on any atom is 0.140 e. The number of anilines is 1. The third kappa shape index (κ3) is 3.18. The summed E-state index contributed by atoms with van der Waals surface area (Å²) in [6, 6.07) is 16.4. The first-order valence-electron chi connectivity index (χ1n) is 9.70. The highest BCUT2D eigenvalue weighted by molar-refractivity contribution is 8.03. The lowest BCUT2D eigenvalue weighted by Crippen LogP contribution is -2.19. The number of rotatable bonds is 5. The van der Waals surface area contributed by atoms with Crippen molar-refractivity contribution in [1.82, 2.24) is 9.97 Å². The quantitative estimate of drug-likeness (QED) is 0.604. The van der Waals surface area contributed by atoms with Crippen LogP contribution in [0.2, 0.25) is 0 Å². The van der Waals surface area contributed by atoms with Crippen LogP contribution in [0.5, 0.6) is 0 Å². The number of hydrogen-bond acceptors (Lipinski definition) is 4. The van der Waals surface area contributed by atoms with Crippen LogP contribution in [0.1, 0.15) is 36.9 Å². The zero-order valence-electron chi connectivity index (χ0n) is 15.8. The normalized spacial score (nSPS) is 22.6. The lowest BCUT2D eigenvalue weighted by Gasteiger charge is -2.22. The zero-order chi connectivity index (χ0) is 19.1. The number of nitrogens with one attached hydrogen (secondary N) is 2. The van der Waals surface area contributed by atoms with Crippen molar-refractivity contribution < 1.29 is 0 Å². The van der Waals surface area contributed by atoms with Crippen LogP contribution in [0.4, 0.5) is 5.69 Å². The molecule has 1 saturated carbocycles. The Bertz CT molecular complexity index is 1090. The maximum absolute atomic E-state index is 9.70. The molecule has 2 aromatic carbocycles. The van der Waals surface area contributed by atoms with Gasteiger partial charge in [-0.3, -0.25) is 0 Å². The molecule has 5 heteroatoms. The van der Waals surface area contributed by atoms with Crippen LogP contribution >= 0.6 is 11.8 Å². The van der Waals surface area contributed by atoms with Gasteiger partial charge in [0.25, 0.3) is 0 Å². The van der Waals surface area contributed by atoms with E-state index in [0.717, 1.165) is 34.0 Å². The highest BCUT2D eigenvalue weighted by Crippen LogP contribution is 2.50. The molecule has 2 N–H and O–H groups in total. The number of imidazole rings is 1. The van der Waals surface area contributed by atoms with Crippen molar-refractivity contribution in [1.29, 1.82) is 5.26 Å². The van der Waals surface area contributed by atoms with E-state index in [9.17, 15) is 5.26 Å². The average molecular weight is 387 g/mol. The number of H-pyrrole nitrogens is 1. The number of aromatic nitrogens is 2. The molecule has 0 spiro atoms. The fourth-order valence-electron chi connectivity index (χ4n) is 3.84. The van der Waals surface area contributed by atoms with Crippen LogP contribution in [-0.2, 0) is 5.41 Å². The molecule has 28 heavy (non-hydrogen) atoms. The molecule has 0 amide bonds. The number of nitrogens with zero attached hydrogens (tertiary/aromatic N) is 2. The molecule has 2 aliphatic rings. The highest BCUT2D eigenvalue weighted by atomic mass is 32.2. The van der Waals surface area contributed by atoms with E-state index in [1.54, 1.807) is 11.2 Å². The smallest absolute Gasteiger partial charge is 0.140 e. The average Bonchev–Trinajstić information content (AvgIpc) is 3.33. The molecule has 1 aliphatic carbocycles. The summed E-state index contributed by atoms with van der Waals surface area (Å²) in [5.41, 5.74) is 5.20. The molecule has 4 nitrogen and oxygen atoms in total. The minimum Gasteiger partial charge on any atom is -0.366 e. The third-order valence-corrected chi connectivity index (χ3v) is 7.27.